The van der Waals surface area contributed by atoms with E-state index in [0.29, 0.717) is 12.1 Å². The molecule has 0 atom stereocenters. The van der Waals surface area contributed by atoms with Crippen molar-refractivity contribution in [3.63, 3.8) is 0 Å². The van der Waals surface area contributed by atoms with Gasteiger partial charge in [-0.3, -0.25) is 39.9 Å². The molecule has 0 radical (unpaired) electrons. The predicted molar refractivity (Wildman–Crippen MR) is 72.5 cm³/mol. The van der Waals surface area contributed by atoms with Gasteiger partial charge < -0.3 is 10.1 Å². The van der Waals surface area contributed by atoms with E-state index in [-0.39, 0.29) is 0 Å². The highest BCUT2D eigenvalue weighted by Crippen LogP contribution is 2.42. The van der Waals surface area contributed by atoms with Gasteiger partial charge in [0.05, 0.1) is 20.2 Å². The molecule has 0 bridgehead atoms. The monoisotopic (exact) mass is 324 g/mol. The molecule has 1 aromatic carbocycles. The van der Waals surface area contributed by atoms with Crippen LogP contribution in [0.25, 0.3) is 10.9 Å². The van der Waals surface area contributed by atoms with E-state index in [4.69, 9.17) is 0 Å². The first-order valence-electron chi connectivity index (χ1n) is 5.55. The summed E-state index contributed by atoms with van der Waals surface area (Å²) in [6, 6.07) is 0.853. The Hall–Kier alpha value is -3.90. The number of H-pyrrole nitrogens is 1. The van der Waals surface area contributed by atoms with Gasteiger partial charge in [0, 0.05) is 12.1 Å². The minimum atomic E-state index is -1.49. The number of aromatic amines is 1. The molecule has 118 valence electrons. The summed E-state index contributed by atoms with van der Waals surface area (Å²) in [5, 5.41) is 42.1. The lowest BCUT2D eigenvalue weighted by Crippen LogP contribution is -2.22. The molecule has 1 heterocycles. The Labute approximate surface area is 122 Å². The number of fused-ring (bicyclic) bond motifs is 1. The number of rotatable bonds is 3. The highest BCUT2D eigenvalue weighted by Gasteiger charge is 2.39. The smallest absolute Gasteiger partial charge is 0.424 e. The van der Waals surface area contributed by atoms with Crippen LogP contribution in [0.15, 0.2) is 21.7 Å². The van der Waals surface area contributed by atoms with E-state index in [1.54, 1.807) is 4.98 Å². The number of nitrogens with one attached hydrogen (secondary N) is 1. The van der Waals surface area contributed by atoms with Gasteiger partial charge in [0.25, 0.3) is 5.56 Å². The lowest BCUT2D eigenvalue weighted by atomic mass is 10.1. The SMILES string of the molecule is O=c1cc(O)c2cc([N+](=O)[O-])c([N+](=O)[O-])c([N+](=O)[O-])c2[nH]c1=O. The van der Waals surface area contributed by atoms with Gasteiger partial charge in [-0.2, -0.15) is 0 Å². The van der Waals surface area contributed by atoms with Crippen LogP contribution in [0.4, 0.5) is 17.1 Å². The standard InChI is InChI=1S/C10H4N4O9/c15-5-2-6(16)10(17)11-7-3(5)1-4(12(18)19)8(13(20)21)9(7)14(22)23/h1-2,15H,(H,11,16,17). The molecule has 0 unspecified atom stereocenters. The Morgan fingerprint density at radius 1 is 0.913 bits per heavy atom. The average Bonchev–Trinajstić information content (AvgIpc) is 2.54. The van der Waals surface area contributed by atoms with Crippen molar-refractivity contribution in [3.8, 4) is 5.75 Å². The van der Waals surface area contributed by atoms with Crippen LogP contribution in [0.3, 0.4) is 0 Å². The number of hydrogen-bond acceptors (Lipinski definition) is 9. The normalized spacial score (nSPS) is 10.4. The summed E-state index contributed by atoms with van der Waals surface area (Å²) in [4.78, 5) is 53.6. The minimum Gasteiger partial charge on any atom is -0.507 e. The van der Waals surface area contributed by atoms with Crippen LogP contribution in [-0.4, -0.2) is 24.9 Å². The van der Waals surface area contributed by atoms with Crippen molar-refractivity contribution in [2.45, 2.75) is 0 Å². The molecular formula is C10H4N4O9. The molecule has 13 nitrogen and oxygen atoms in total. The molecule has 2 rings (SSSR count). The van der Waals surface area contributed by atoms with Crippen molar-refractivity contribution in [1.82, 2.24) is 4.98 Å². The number of nitro benzene ring substituents is 3. The van der Waals surface area contributed by atoms with Gasteiger partial charge in [0.1, 0.15) is 11.3 Å². The summed E-state index contributed by atoms with van der Waals surface area (Å²) >= 11 is 0. The van der Waals surface area contributed by atoms with E-state index in [1.165, 1.54) is 0 Å². The van der Waals surface area contributed by atoms with E-state index in [2.05, 4.69) is 0 Å². The van der Waals surface area contributed by atoms with Gasteiger partial charge in [-0.05, 0) is 0 Å². The van der Waals surface area contributed by atoms with E-state index < -0.39 is 59.5 Å². The summed E-state index contributed by atoms with van der Waals surface area (Å²) < 4.78 is 0. The van der Waals surface area contributed by atoms with Crippen molar-refractivity contribution < 1.29 is 19.9 Å². The maximum atomic E-state index is 11.5. The number of hydrogen-bond donors (Lipinski definition) is 2. The average molecular weight is 324 g/mol. The lowest BCUT2D eigenvalue weighted by Gasteiger charge is -2.00. The van der Waals surface area contributed by atoms with Crippen LogP contribution in [0.1, 0.15) is 0 Å². The minimum absolute atomic E-state index is 0.389. The number of aromatic nitrogens is 1. The first-order valence-corrected chi connectivity index (χ1v) is 5.55. The maximum Gasteiger partial charge on any atom is 0.424 e. The third-order valence-electron chi connectivity index (χ3n) is 2.82. The molecule has 0 spiro atoms. The number of nitrogens with zero attached hydrogens (tertiary/aromatic N) is 3. The second-order valence-electron chi connectivity index (χ2n) is 4.13. The number of aromatic hydroxyl groups is 1. The number of nitro groups is 3. The van der Waals surface area contributed by atoms with Crippen LogP contribution in [0.5, 0.6) is 5.75 Å². The zero-order chi connectivity index (χ0) is 17.5. The highest BCUT2D eigenvalue weighted by atomic mass is 16.6. The second-order valence-corrected chi connectivity index (χ2v) is 4.13. The third kappa shape index (κ3) is 2.41. The summed E-state index contributed by atoms with van der Waals surface area (Å²) in [6.07, 6.45) is 0. The molecule has 0 saturated carbocycles. The molecule has 13 heteroatoms. The van der Waals surface area contributed by atoms with Gasteiger partial charge in [-0.1, -0.05) is 0 Å². The first kappa shape index (κ1) is 15.5. The van der Waals surface area contributed by atoms with Crippen molar-refractivity contribution in [1.29, 1.82) is 0 Å². The third-order valence-corrected chi connectivity index (χ3v) is 2.82. The van der Waals surface area contributed by atoms with Crippen LogP contribution >= 0.6 is 0 Å². The fourth-order valence-corrected chi connectivity index (χ4v) is 1.91. The largest absolute Gasteiger partial charge is 0.507 e. The molecule has 0 fully saturated rings. The topological polar surface area (TPSA) is 200 Å². The van der Waals surface area contributed by atoms with E-state index in [9.17, 15) is 45.0 Å². The van der Waals surface area contributed by atoms with Crippen LogP contribution in [0.2, 0.25) is 0 Å². The zero-order valence-electron chi connectivity index (χ0n) is 10.7. The van der Waals surface area contributed by atoms with Gasteiger partial charge in [0.15, 0.2) is 0 Å². The second kappa shape index (κ2) is 5.14. The molecule has 0 aliphatic rings. The Bertz CT molecular complexity index is 1010. The Morgan fingerprint density at radius 2 is 1.48 bits per heavy atom. The Morgan fingerprint density at radius 3 is 1.96 bits per heavy atom. The lowest BCUT2D eigenvalue weighted by molar-refractivity contribution is -0.440. The van der Waals surface area contributed by atoms with Gasteiger partial charge in [0.2, 0.25) is 5.43 Å². The molecule has 2 N–H and O–H groups in total. The number of benzene rings is 1. The highest BCUT2D eigenvalue weighted by molar-refractivity contribution is 5.98. The van der Waals surface area contributed by atoms with E-state index in [1.807, 2.05) is 0 Å². The molecule has 23 heavy (non-hydrogen) atoms. The quantitative estimate of drug-likeness (QED) is 0.453. The molecule has 2 aromatic rings. The first-order chi connectivity index (χ1) is 10.6. The summed E-state index contributed by atoms with van der Waals surface area (Å²) in [5.74, 6) is -0.982. The van der Waals surface area contributed by atoms with Crippen molar-refractivity contribution in [2.24, 2.45) is 0 Å². The van der Waals surface area contributed by atoms with Crippen molar-refractivity contribution in [3.05, 3.63) is 63.1 Å². The maximum absolute atomic E-state index is 11.5. The fourth-order valence-electron chi connectivity index (χ4n) is 1.91. The van der Waals surface area contributed by atoms with Crippen LogP contribution < -0.4 is 11.0 Å². The van der Waals surface area contributed by atoms with Crippen molar-refractivity contribution >= 4 is 28.0 Å². The van der Waals surface area contributed by atoms with Gasteiger partial charge in [-0.25, -0.2) is 0 Å². The van der Waals surface area contributed by atoms with Gasteiger partial charge >= 0.3 is 17.1 Å². The molecule has 0 amide bonds. The summed E-state index contributed by atoms with van der Waals surface area (Å²) in [6.45, 7) is 0. The molecular weight excluding hydrogens is 320 g/mol. The fraction of sp³-hybridized carbons (Fsp3) is 0. The van der Waals surface area contributed by atoms with Crippen molar-refractivity contribution in [2.75, 3.05) is 0 Å². The Balaban J connectivity index is 3.31. The summed E-state index contributed by atoms with van der Waals surface area (Å²) in [5.41, 5.74) is -7.75. The van der Waals surface area contributed by atoms with E-state index in [0.717, 1.165) is 0 Å². The molecule has 0 aliphatic carbocycles. The summed E-state index contributed by atoms with van der Waals surface area (Å²) in [7, 11) is 0. The predicted octanol–water partition coefficient (Wildman–Crippen LogP) is 0.318. The van der Waals surface area contributed by atoms with E-state index >= 15 is 0 Å². The Kier molecular flexibility index (Phi) is 3.46. The molecule has 0 aliphatic heterocycles. The zero-order valence-corrected chi connectivity index (χ0v) is 10.7. The van der Waals surface area contributed by atoms with Crippen LogP contribution in [-0.2, 0) is 0 Å². The van der Waals surface area contributed by atoms with Gasteiger partial charge in [-0.15, -0.1) is 0 Å². The molecule has 0 saturated heterocycles. The van der Waals surface area contributed by atoms with Crippen LogP contribution in [0, 0.1) is 30.3 Å². The molecule has 1 aromatic heterocycles.